The Morgan fingerprint density at radius 3 is 2.33 bits per heavy atom. The van der Waals surface area contributed by atoms with Crippen molar-refractivity contribution in [2.75, 3.05) is 0 Å². The predicted octanol–water partition coefficient (Wildman–Crippen LogP) is 3.47. The van der Waals surface area contributed by atoms with Crippen LogP contribution in [0.25, 0.3) is 0 Å². The van der Waals surface area contributed by atoms with Crippen molar-refractivity contribution < 1.29 is 4.79 Å². The van der Waals surface area contributed by atoms with E-state index in [9.17, 15) is 4.79 Å². The third-order valence-corrected chi connectivity index (χ3v) is 4.30. The molecule has 0 saturated carbocycles. The van der Waals surface area contributed by atoms with E-state index in [1.165, 1.54) is 5.56 Å². The topological polar surface area (TPSA) is 29.1 Å². The Morgan fingerprint density at radius 2 is 1.78 bits per heavy atom. The zero-order valence-electron chi connectivity index (χ0n) is 11.6. The lowest BCUT2D eigenvalue weighted by Crippen LogP contribution is -2.40. The van der Waals surface area contributed by atoms with Crippen LogP contribution in [-0.2, 0) is 10.5 Å². The molecule has 1 amide bonds. The molecule has 2 nitrogen and oxygen atoms in total. The molecular weight excluding hydrogens is 242 g/mol. The molecule has 0 saturated heterocycles. The molecule has 0 aliphatic heterocycles. The van der Waals surface area contributed by atoms with Crippen molar-refractivity contribution in [2.24, 2.45) is 5.92 Å². The molecule has 1 aromatic carbocycles. The molecule has 2 atom stereocenters. The van der Waals surface area contributed by atoms with E-state index >= 15 is 0 Å². The molecule has 0 radical (unpaired) electrons. The summed E-state index contributed by atoms with van der Waals surface area (Å²) in [5.74, 6) is 1.49. The normalized spacial score (nSPS) is 14.3. The van der Waals surface area contributed by atoms with Gasteiger partial charge >= 0.3 is 0 Å². The number of carbonyl (C=O) groups excluding carboxylic acids is 1. The first-order valence-corrected chi connectivity index (χ1v) is 7.51. The Balaban J connectivity index is 2.36. The van der Waals surface area contributed by atoms with E-state index in [-0.39, 0.29) is 17.2 Å². The van der Waals surface area contributed by atoms with Crippen LogP contribution in [0.4, 0.5) is 0 Å². The Morgan fingerprint density at radius 1 is 1.17 bits per heavy atom. The van der Waals surface area contributed by atoms with Crippen molar-refractivity contribution in [1.82, 2.24) is 5.32 Å². The van der Waals surface area contributed by atoms with Crippen LogP contribution in [0.3, 0.4) is 0 Å². The van der Waals surface area contributed by atoms with Crippen LogP contribution in [0.5, 0.6) is 0 Å². The molecule has 1 N–H and O–H groups in total. The number of rotatable bonds is 6. The van der Waals surface area contributed by atoms with Crippen molar-refractivity contribution in [3.63, 3.8) is 0 Å². The molecule has 1 rings (SSSR count). The number of amides is 1. The van der Waals surface area contributed by atoms with Crippen molar-refractivity contribution in [3.05, 3.63) is 35.9 Å². The van der Waals surface area contributed by atoms with Gasteiger partial charge in [-0.05, 0) is 25.3 Å². The molecule has 0 fully saturated rings. The fourth-order valence-electron chi connectivity index (χ4n) is 1.38. The quantitative estimate of drug-likeness (QED) is 0.853. The van der Waals surface area contributed by atoms with Gasteiger partial charge in [-0.3, -0.25) is 4.79 Å². The fraction of sp³-hybridized carbons (Fsp3) is 0.533. The SMILES string of the molecule is CC(C)[C@@H](C)NC(=O)[C@H](C)SCc1ccccc1. The minimum absolute atomic E-state index is 0.00796. The maximum absolute atomic E-state index is 11.9. The first-order valence-electron chi connectivity index (χ1n) is 6.46. The van der Waals surface area contributed by atoms with Gasteiger partial charge in [0.2, 0.25) is 5.91 Å². The second-order valence-electron chi connectivity index (χ2n) is 4.98. The van der Waals surface area contributed by atoms with E-state index in [0.717, 1.165) is 5.75 Å². The monoisotopic (exact) mass is 265 g/mol. The van der Waals surface area contributed by atoms with Crippen molar-refractivity contribution in [3.8, 4) is 0 Å². The first-order chi connectivity index (χ1) is 8.50. The summed E-state index contributed by atoms with van der Waals surface area (Å²) in [6.07, 6.45) is 0. The van der Waals surface area contributed by atoms with Gasteiger partial charge in [0.05, 0.1) is 5.25 Å². The van der Waals surface area contributed by atoms with Crippen LogP contribution in [0.2, 0.25) is 0 Å². The highest BCUT2D eigenvalue weighted by molar-refractivity contribution is 7.99. The number of hydrogen-bond acceptors (Lipinski definition) is 2. The lowest BCUT2D eigenvalue weighted by Gasteiger charge is -2.20. The molecule has 0 aliphatic rings. The summed E-state index contributed by atoms with van der Waals surface area (Å²) in [5.41, 5.74) is 1.26. The third-order valence-electron chi connectivity index (χ3n) is 3.08. The molecule has 0 aromatic heterocycles. The number of thioether (sulfide) groups is 1. The van der Waals surface area contributed by atoms with Crippen LogP contribution in [0, 0.1) is 5.92 Å². The first kappa shape index (κ1) is 15.1. The van der Waals surface area contributed by atoms with E-state index in [1.54, 1.807) is 11.8 Å². The summed E-state index contributed by atoms with van der Waals surface area (Å²) in [6.45, 7) is 8.26. The number of nitrogens with one attached hydrogen (secondary N) is 1. The lowest BCUT2D eigenvalue weighted by atomic mass is 10.1. The van der Waals surface area contributed by atoms with Crippen LogP contribution in [-0.4, -0.2) is 17.2 Å². The summed E-state index contributed by atoms with van der Waals surface area (Å²) in [4.78, 5) is 11.9. The van der Waals surface area contributed by atoms with Crippen LogP contribution >= 0.6 is 11.8 Å². The second-order valence-corrected chi connectivity index (χ2v) is 6.31. The minimum atomic E-state index is -0.00796. The summed E-state index contributed by atoms with van der Waals surface area (Å²) >= 11 is 1.68. The number of hydrogen-bond donors (Lipinski definition) is 1. The molecule has 1 aromatic rings. The van der Waals surface area contributed by atoms with Gasteiger partial charge in [-0.1, -0.05) is 44.2 Å². The van der Waals surface area contributed by atoms with Gasteiger partial charge in [-0.2, -0.15) is 0 Å². The van der Waals surface area contributed by atoms with Gasteiger partial charge in [-0.25, -0.2) is 0 Å². The Bertz CT molecular complexity index is 364. The largest absolute Gasteiger partial charge is 0.352 e. The maximum Gasteiger partial charge on any atom is 0.233 e. The zero-order valence-corrected chi connectivity index (χ0v) is 12.5. The molecule has 0 heterocycles. The Kier molecular flexibility index (Phi) is 6.27. The van der Waals surface area contributed by atoms with Crippen LogP contribution < -0.4 is 5.32 Å². The molecule has 0 unspecified atom stereocenters. The molecule has 0 spiro atoms. The van der Waals surface area contributed by atoms with Crippen molar-refractivity contribution >= 4 is 17.7 Å². The predicted molar refractivity (Wildman–Crippen MR) is 79.6 cm³/mol. The summed E-state index contributed by atoms with van der Waals surface area (Å²) in [6, 6.07) is 10.5. The maximum atomic E-state index is 11.9. The van der Waals surface area contributed by atoms with E-state index in [2.05, 4.69) is 38.2 Å². The molecule has 0 aliphatic carbocycles. The number of carbonyl (C=O) groups is 1. The highest BCUT2D eigenvalue weighted by Gasteiger charge is 2.17. The summed E-state index contributed by atoms with van der Waals surface area (Å²) in [5, 5.41) is 3.05. The smallest absolute Gasteiger partial charge is 0.233 e. The van der Waals surface area contributed by atoms with Gasteiger partial charge in [0.1, 0.15) is 0 Å². The van der Waals surface area contributed by atoms with Crippen LogP contribution in [0.15, 0.2) is 30.3 Å². The van der Waals surface area contributed by atoms with Gasteiger partial charge in [-0.15, -0.1) is 11.8 Å². The van der Waals surface area contributed by atoms with Crippen molar-refractivity contribution in [2.45, 2.75) is 44.7 Å². The van der Waals surface area contributed by atoms with Crippen LogP contribution in [0.1, 0.15) is 33.3 Å². The van der Waals surface area contributed by atoms with E-state index in [1.807, 2.05) is 25.1 Å². The zero-order chi connectivity index (χ0) is 13.5. The number of benzene rings is 1. The minimum Gasteiger partial charge on any atom is -0.352 e. The lowest BCUT2D eigenvalue weighted by molar-refractivity contribution is -0.121. The standard InChI is InChI=1S/C15H23NOS/c1-11(2)12(3)16-15(17)13(4)18-10-14-8-6-5-7-9-14/h5-9,11-13H,10H2,1-4H3,(H,16,17)/t12-,13+/m1/s1. The Hall–Kier alpha value is -0.960. The average molecular weight is 265 g/mol. The molecule has 100 valence electrons. The van der Waals surface area contributed by atoms with Gasteiger partial charge in [0.25, 0.3) is 0 Å². The second kappa shape index (κ2) is 7.47. The van der Waals surface area contributed by atoms with Crippen molar-refractivity contribution in [1.29, 1.82) is 0 Å². The average Bonchev–Trinajstić information content (AvgIpc) is 2.36. The van der Waals surface area contributed by atoms with E-state index in [0.29, 0.717) is 5.92 Å². The third kappa shape index (κ3) is 5.13. The van der Waals surface area contributed by atoms with Gasteiger partial charge in [0.15, 0.2) is 0 Å². The van der Waals surface area contributed by atoms with E-state index < -0.39 is 0 Å². The van der Waals surface area contributed by atoms with Gasteiger partial charge < -0.3 is 5.32 Å². The summed E-state index contributed by atoms with van der Waals surface area (Å²) < 4.78 is 0. The summed E-state index contributed by atoms with van der Waals surface area (Å²) in [7, 11) is 0. The molecule has 0 bridgehead atoms. The fourth-order valence-corrected chi connectivity index (χ4v) is 2.23. The van der Waals surface area contributed by atoms with Gasteiger partial charge in [0, 0.05) is 11.8 Å². The Labute approximate surface area is 115 Å². The molecular formula is C15H23NOS. The highest BCUT2D eigenvalue weighted by Crippen LogP contribution is 2.18. The molecule has 3 heteroatoms. The highest BCUT2D eigenvalue weighted by atomic mass is 32.2. The molecule has 18 heavy (non-hydrogen) atoms. The van der Waals surface area contributed by atoms with E-state index in [4.69, 9.17) is 0 Å².